The maximum Gasteiger partial charge on any atom is 0.250 e. The highest BCUT2D eigenvalue weighted by Gasteiger charge is 2.31. The summed E-state index contributed by atoms with van der Waals surface area (Å²) < 4.78 is 28.5. The minimum atomic E-state index is -3.43. The molecule has 0 aliphatic rings. The van der Waals surface area contributed by atoms with Crippen LogP contribution in [0, 0.1) is 6.92 Å². The van der Waals surface area contributed by atoms with E-state index in [1.165, 1.54) is 11.3 Å². The average molecular weight is 319 g/mol. The Labute approximate surface area is 127 Å². The zero-order valence-electron chi connectivity index (χ0n) is 13.0. The van der Waals surface area contributed by atoms with Crippen LogP contribution in [0.15, 0.2) is 10.3 Å². The number of sulfonamides is 1. The average Bonchev–Trinajstić information content (AvgIpc) is 2.79. The van der Waals surface area contributed by atoms with Crippen LogP contribution in [-0.4, -0.2) is 21.0 Å². The zero-order valence-corrected chi connectivity index (χ0v) is 14.7. The largest absolute Gasteiger partial charge is 0.315 e. The van der Waals surface area contributed by atoms with E-state index in [9.17, 15) is 8.42 Å². The second kappa shape index (κ2) is 7.02. The van der Waals surface area contributed by atoms with Crippen molar-refractivity contribution in [3.05, 3.63) is 16.5 Å². The number of hydrogen-bond acceptors (Lipinski definition) is 4. The van der Waals surface area contributed by atoms with E-state index >= 15 is 0 Å². The Morgan fingerprint density at radius 2 is 1.75 bits per heavy atom. The predicted octanol–water partition coefficient (Wildman–Crippen LogP) is 3.02. The Morgan fingerprint density at radius 1 is 1.20 bits per heavy atom. The number of rotatable bonds is 8. The lowest BCUT2D eigenvalue weighted by atomic mass is 9.91. The molecule has 1 aromatic heterocycles. The molecule has 0 aliphatic carbocycles. The van der Waals surface area contributed by atoms with Crippen LogP contribution in [0.1, 0.15) is 50.5 Å². The van der Waals surface area contributed by atoms with E-state index in [0.717, 1.165) is 29.7 Å². The van der Waals surface area contributed by atoms with E-state index in [2.05, 4.69) is 10.0 Å². The Balaban J connectivity index is 3.07. The van der Waals surface area contributed by atoms with Gasteiger partial charge in [-0.15, -0.1) is 11.3 Å². The summed E-state index contributed by atoms with van der Waals surface area (Å²) >= 11 is 1.35. The van der Waals surface area contributed by atoms with Gasteiger partial charge in [0.05, 0.1) is 0 Å². The second-order valence-electron chi connectivity index (χ2n) is 5.15. The van der Waals surface area contributed by atoms with E-state index in [-0.39, 0.29) is 5.54 Å². The van der Waals surface area contributed by atoms with Gasteiger partial charge in [-0.2, -0.15) is 0 Å². The van der Waals surface area contributed by atoms with Crippen molar-refractivity contribution in [1.29, 1.82) is 0 Å². The quantitative estimate of drug-likeness (QED) is 0.774. The lowest BCUT2D eigenvalue weighted by Crippen LogP contribution is -2.46. The van der Waals surface area contributed by atoms with E-state index in [1.54, 1.807) is 6.07 Å². The standard InChI is InChI=1S/C14H26N2O2S2/c1-6-14(7-2,8-3)16-20(17,18)13-9-11(4)12(19-13)10-15-5/h9,15-16H,6-8,10H2,1-5H3. The van der Waals surface area contributed by atoms with Crippen LogP contribution >= 0.6 is 11.3 Å². The van der Waals surface area contributed by atoms with Gasteiger partial charge in [-0.05, 0) is 44.9 Å². The molecule has 6 heteroatoms. The van der Waals surface area contributed by atoms with Crippen molar-refractivity contribution in [3.8, 4) is 0 Å². The summed E-state index contributed by atoms with van der Waals surface area (Å²) in [6.45, 7) is 8.74. The van der Waals surface area contributed by atoms with Crippen molar-refractivity contribution < 1.29 is 8.42 Å². The number of thiophene rings is 1. The van der Waals surface area contributed by atoms with Crippen LogP contribution in [0.4, 0.5) is 0 Å². The summed E-state index contributed by atoms with van der Waals surface area (Å²) in [4.78, 5) is 1.07. The monoisotopic (exact) mass is 318 g/mol. The molecule has 0 unspecified atom stereocenters. The van der Waals surface area contributed by atoms with Crippen molar-refractivity contribution >= 4 is 21.4 Å². The van der Waals surface area contributed by atoms with E-state index in [0.29, 0.717) is 10.8 Å². The molecule has 0 aliphatic heterocycles. The fourth-order valence-corrected chi connectivity index (χ4v) is 5.48. The van der Waals surface area contributed by atoms with Gasteiger partial charge in [-0.1, -0.05) is 20.8 Å². The molecule has 0 amide bonds. The van der Waals surface area contributed by atoms with Gasteiger partial charge in [0.15, 0.2) is 0 Å². The Kier molecular flexibility index (Phi) is 6.19. The van der Waals surface area contributed by atoms with Crippen LogP contribution < -0.4 is 10.0 Å². The van der Waals surface area contributed by atoms with Crippen molar-refractivity contribution in [2.24, 2.45) is 0 Å². The third-order valence-electron chi connectivity index (χ3n) is 3.98. The van der Waals surface area contributed by atoms with Gasteiger partial charge in [0.25, 0.3) is 10.0 Å². The number of nitrogens with one attached hydrogen (secondary N) is 2. The Hall–Kier alpha value is -0.430. The van der Waals surface area contributed by atoms with Gasteiger partial charge in [0.1, 0.15) is 4.21 Å². The molecule has 1 heterocycles. The highest BCUT2D eigenvalue weighted by Crippen LogP contribution is 2.29. The summed E-state index contributed by atoms with van der Waals surface area (Å²) in [6, 6.07) is 1.77. The van der Waals surface area contributed by atoms with Crippen molar-refractivity contribution in [1.82, 2.24) is 10.0 Å². The van der Waals surface area contributed by atoms with Gasteiger partial charge < -0.3 is 5.32 Å². The first-order chi connectivity index (χ1) is 9.34. The molecular weight excluding hydrogens is 292 g/mol. The summed E-state index contributed by atoms with van der Waals surface area (Å²) in [5.41, 5.74) is 0.694. The van der Waals surface area contributed by atoms with Gasteiger partial charge in [0.2, 0.25) is 0 Å². The van der Waals surface area contributed by atoms with Crippen molar-refractivity contribution in [2.45, 2.75) is 63.3 Å². The molecule has 0 bridgehead atoms. The first kappa shape index (κ1) is 17.6. The topological polar surface area (TPSA) is 58.2 Å². The third-order valence-corrected chi connectivity index (χ3v) is 7.27. The SMILES string of the molecule is CCC(CC)(CC)NS(=O)(=O)c1cc(C)c(CNC)s1. The fourth-order valence-electron chi connectivity index (χ4n) is 2.26. The Bertz CT molecular complexity index is 523. The van der Waals surface area contributed by atoms with Gasteiger partial charge in [0, 0.05) is 17.0 Å². The molecule has 1 aromatic rings. The van der Waals surface area contributed by atoms with Crippen LogP contribution in [0.5, 0.6) is 0 Å². The molecule has 0 saturated carbocycles. The lowest BCUT2D eigenvalue weighted by Gasteiger charge is -2.30. The molecule has 2 N–H and O–H groups in total. The van der Waals surface area contributed by atoms with E-state index < -0.39 is 10.0 Å². The highest BCUT2D eigenvalue weighted by molar-refractivity contribution is 7.91. The molecule has 0 radical (unpaired) electrons. The van der Waals surface area contributed by atoms with Crippen molar-refractivity contribution in [2.75, 3.05) is 7.05 Å². The predicted molar refractivity (Wildman–Crippen MR) is 85.7 cm³/mol. The molecular formula is C14H26N2O2S2. The molecule has 0 saturated heterocycles. The number of aryl methyl sites for hydroxylation is 1. The molecule has 1 rings (SSSR count). The van der Waals surface area contributed by atoms with E-state index in [4.69, 9.17) is 0 Å². The third kappa shape index (κ3) is 3.81. The minimum absolute atomic E-state index is 0.333. The maximum absolute atomic E-state index is 12.6. The molecule has 0 spiro atoms. The zero-order chi connectivity index (χ0) is 15.4. The normalized spacial score (nSPS) is 12.8. The molecule has 0 aromatic carbocycles. The van der Waals surface area contributed by atoms with Crippen LogP contribution in [0.25, 0.3) is 0 Å². The summed E-state index contributed by atoms with van der Waals surface area (Å²) in [5.74, 6) is 0. The number of hydrogen-bond donors (Lipinski definition) is 2. The first-order valence-corrected chi connectivity index (χ1v) is 9.42. The second-order valence-corrected chi connectivity index (χ2v) is 8.19. The summed E-state index contributed by atoms with van der Waals surface area (Å²) in [7, 11) is -1.57. The minimum Gasteiger partial charge on any atom is -0.315 e. The van der Waals surface area contributed by atoms with Gasteiger partial charge in [-0.3, -0.25) is 0 Å². The summed E-state index contributed by atoms with van der Waals surface area (Å²) in [6.07, 6.45) is 2.40. The van der Waals surface area contributed by atoms with Gasteiger partial charge >= 0.3 is 0 Å². The van der Waals surface area contributed by atoms with Crippen LogP contribution in [0.3, 0.4) is 0 Å². The van der Waals surface area contributed by atoms with E-state index in [1.807, 2.05) is 34.7 Å². The lowest BCUT2D eigenvalue weighted by molar-refractivity contribution is 0.342. The highest BCUT2D eigenvalue weighted by atomic mass is 32.2. The van der Waals surface area contributed by atoms with Crippen LogP contribution in [0.2, 0.25) is 0 Å². The molecule has 0 fully saturated rings. The van der Waals surface area contributed by atoms with Crippen LogP contribution in [-0.2, 0) is 16.6 Å². The Morgan fingerprint density at radius 3 is 2.20 bits per heavy atom. The first-order valence-electron chi connectivity index (χ1n) is 7.12. The molecule has 4 nitrogen and oxygen atoms in total. The fraction of sp³-hybridized carbons (Fsp3) is 0.714. The molecule has 116 valence electrons. The van der Waals surface area contributed by atoms with Crippen molar-refractivity contribution in [3.63, 3.8) is 0 Å². The smallest absolute Gasteiger partial charge is 0.250 e. The maximum atomic E-state index is 12.6. The molecule has 0 atom stereocenters. The van der Waals surface area contributed by atoms with Gasteiger partial charge in [-0.25, -0.2) is 13.1 Å². The molecule has 20 heavy (non-hydrogen) atoms. The summed E-state index contributed by atoms with van der Waals surface area (Å²) in [5, 5.41) is 3.07.